The van der Waals surface area contributed by atoms with Gasteiger partial charge in [0.15, 0.2) is 0 Å². The van der Waals surface area contributed by atoms with Crippen LogP contribution in [0.15, 0.2) is 77.9 Å². The summed E-state index contributed by atoms with van der Waals surface area (Å²) in [6, 6.07) is 20.7. The molecule has 0 aliphatic heterocycles. The second-order valence-corrected chi connectivity index (χ2v) is 9.81. The molecule has 0 spiro atoms. The Morgan fingerprint density at radius 1 is 1.03 bits per heavy atom. The highest BCUT2D eigenvalue weighted by Gasteiger charge is 2.20. The summed E-state index contributed by atoms with van der Waals surface area (Å²) in [6.07, 6.45) is 2.47. The monoisotopic (exact) mass is 505 g/mol. The Hall–Kier alpha value is -3.07. The Morgan fingerprint density at radius 3 is 2.36 bits per heavy atom. The van der Waals surface area contributed by atoms with Gasteiger partial charge in [-0.2, -0.15) is 5.10 Å². The molecule has 0 saturated carbocycles. The Morgan fingerprint density at radius 2 is 1.73 bits per heavy atom. The number of sulfonamides is 1. The molecule has 172 valence electrons. The molecule has 0 saturated heterocycles. The van der Waals surface area contributed by atoms with Crippen LogP contribution in [0.3, 0.4) is 0 Å². The molecule has 0 aliphatic rings. The topological polar surface area (TPSA) is 88.1 Å². The van der Waals surface area contributed by atoms with Gasteiger partial charge in [-0.25, -0.2) is 13.8 Å². The molecule has 0 atom stereocenters. The van der Waals surface area contributed by atoms with Crippen LogP contribution >= 0.6 is 23.2 Å². The largest absolute Gasteiger partial charge is 0.489 e. The minimum Gasteiger partial charge on any atom is -0.489 e. The molecule has 0 aromatic heterocycles. The third kappa shape index (κ3) is 7.78. The quantitative estimate of drug-likeness (QED) is 0.342. The summed E-state index contributed by atoms with van der Waals surface area (Å²) >= 11 is 11.8. The molecule has 33 heavy (non-hydrogen) atoms. The van der Waals surface area contributed by atoms with Gasteiger partial charge in [0, 0.05) is 10.0 Å². The molecule has 3 rings (SSSR count). The lowest BCUT2D eigenvalue weighted by Crippen LogP contribution is -2.38. The Balaban J connectivity index is 1.54. The lowest BCUT2D eigenvalue weighted by Gasteiger charge is -2.21. The SMILES string of the molecule is CS(=O)(=O)N(CC(=O)N/N=C\c1ccc(OCc2cccc(Cl)c2)cc1)c1ccc(Cl)cc1. The van der Waals surface area contributed by atoms with Crippen molar-refractivity contribution in [2.75, 3.05) is 17.1 Å². The van der Waals surface area contributed by atoms with Gasteiger partial charge >= 0.3 is 0 Å². The van der Waals surface area contributed by atoms with Crippen LogP contribution in [0.5, 0.6) is 5.75 Å². The number of nitrogens with one attached hydrogen (secondary N) is 1. The van der Waals surface area contributed by atoms with Crippen molar-refractivity contribution < 1.29 is 17.9 Å². The van der Waals surface area contributed by atoms with Gasteiger partial charge in [0.25, 0.3) is 5.91 Å². The zero-order valence-electron chi connectivity index (χ0n) is 17.6. The summed E-state index contributed by atoms with van der Waals surface area (Å²) < 4.78 is 30.9. The molecule has 0 fully saturated rings. The normalized spacial score (nSPS) is 11.4. The van der Waals surface area contributed by atoms with Gasteiger partial charge in [0.1, 0.15) is 18.9 Å². The fourth-order valence-electron chi connectivity index (χ4n) is 2.80. The summed E-state index contributed by atoms with van der Waals surface area (Å²) in [5.41, 5.74) is 4.35. The van der Waals surface area contributed by atoms with Crippen LogP contribution < -0.4 is 14.5 Å². The molecule has 0 radical (unpaired) electrons. The number of benzene rings is 3. The van der Waals surface area contributed by atoms with Crippen LogP contribution in [0.25, 0.3) is 0 Å². The Labute approximate surface area is 202 Å². The number of rotatable bonds is 9. The van der Waals surface area contributed by atoms with Crippen LogP contribution in [0.1, 0.15) is 11.1 Å². The highest BCUT2D eigenvalue weighted by molar-refractivity contribution is 7.92. The van der Waals surface area contributed by atoms with Crippen molar-refractivity contribution in [2.45, 2.75) is 6.61 Å². The van der Waals surface area contributed by atoms with Crippen molar-refractivity contribution in [3.63, 3.8) is 0 Å². The maximum absolute atomic E-state index is 12.2. The van der Waals surface area contributed by atoms with Crippen molar-refractivity contribution >= 4 is 51.0 Å². The third-order valence-corrected chi connectivity index (χ3v) is 6.01. The number of hydrogen-bond donors (Lipinski definition) is 1. The molecule has 7 nitrogen and oxygen atoms in total. The van der Waals surface area contributed by atoms with Gasteiger partial charge in [0.2, 0.25) is 10.0 Å². The van der Waals surface area contributed by atoms with E-state index in [1.54, 1.807) is 42.5 Å². The molecule has 3 aromatic carbocycles. The lowest BCUT2D eigenvalue weighted by molar-refractivity contribution is -0.119. The van der Waals surface area contributed by atoms with Gasteiger partial charge < -0.3 is 4.74 Å². The van der Waals surface area contributed by atoms with E-state index in [-0.39, 0.29) is 0 Å². The van der Waals surface area contributed by atoms with Crippen molar-refractivity contribution in [3.05, 3.63) is 94.0 Å². The molecular weight excluding hydrogens is 485 g/mol. The smallest absolute Gasteiger partial charge is 0.260 e. The van der Waals surface area contributed by atoms with Gasteiger partial charge in [-0.3, -0.25) is 9.10 Å². The Kier molecular flexibility index (Phi) is 8.32. The first-order valence-corrected chi connectivity index (χ1v) is 12.3. The molecule has 0 unspecified atom stereocenters. The average molecular weight is 506 g/mol. The predicted molar refractivity (Wildman–Crippen MR) is 132 cm³/mol. The van der Waals surface area contributed by atoms with Crippen LogP contribution in [0, 0.1) is 0 Å². The van der Waals surface area contributed by atoms with Gasteiger partial charge in [-0.15, -0.1) is 0 Å². The number of carbonyl (C=O) groups excluding carboxylic acids is 1. The molecule has 0 heterocycles. The number of nitrogens with zero attached hydrogens (tertiary/aromatic N) is 2. The number of amides is 1. The summed E-state index contributed by atoms with van der Waals surface area (Å²) in [6.45, 7) is -0.0391. The molecular formula is C23H21Cl2N3O4S. The maximum Gasteiger partial charge on any atom is 0.260 e. The van der Waals surface area contributed by atoms with E-state index in [1.165, 1.54) is 18.3 Å². The molecule has 10 heteroatoms. The minimum atomic E-state index is -3.68. The van der Waals surface area contributed by atoms with Crippen LogP contribution in [0.2, 0.25) is 10.0 Å². The highest BCUT2D eigenvalue weighted by atomic mass is 35.5. The fourth-order valence-corrected chi connectivity index (χ4v) is 3.99. The third-order valence-electron chi connectivity index (χ3n) is 4.38. The van der Waals surface area contributed by atoms with Gasteiger partial charge in [0.05, 0.1) is 18.2 Å². The fraction of sp³-hybridized carbons (Fsp3) is 0.130. The summed E-state index contributed by atoms with van der Waals surface area (Å²) in [4.78, 5) is 12.2. The van der Waals surface area contributed by atoms with E-state index in [0.717, 1.165) is 21.7 Å². The maximum atomic E-state index is 12.2. The summed E-state index contributed by atoms with van der Waals surface area (Å²) in [7, 11) is -3.68. The minimum absolute atomic E-state index is 0.328. The summed E-state index contributed by atoms with van der Waals surface area (Å²) in [5, 5.41) is 5.01. The number of halogens is 2. The first-order chi connectivity index (χ1) is 15.7. The van der Waals surface area contributed by atoms with Crippen LogP contribution in [-0.2, 0) is 21.4 Å². The van der Waals surface area contributed by atoms with E-state index in [2.05, 4.69) is 10.5 Å². The van der Waals surface area contributed by atoms with Crippen LogP contribution in [0.4, 0.5) is 5.69 Å². The highest BCUT2D eigenvalue weighted by Crippen LogP contribution is 2.20. The molecule has 1 N–H and O–H groups in total. The first kappa shape index (κ1) is 24.6. The second kappa shape index (κ2) is 11.2. The van der Waals surface area contributed by atoms with E-state index < -0.39 is 22.5 Å². The lowest BCUT2D eigenvalue weighted by atomic mass is 10.2. The van der Waals surface area contributed by atoms with Crippen LogP contribution in [-0.4, -0.2) is 33.3 Å². The summed E-state index contributed by atoms with van der Waals surface area (Å²) in [5.74, 6) is 0.0796. The van der Waals surface area contributed by atoms with Gasteiger partial charge in [-0.05, 0) is 71.8 Å². The second-order valence-electron chi connectivity index (χ2n) is 7.03. The van der Waals surface area contributed by atoms with Crippen molar-refractivity contribution in [2.24, 2.45) is 5.10 Å². The first-order valence-electron chi connectivity index (χ1n) is 9.73. The molecule has 0 bridgehead atoms. The van der Waals surface area contributed by atoms with E-state index in [0.29, 0.717) is 28.1 Å². The predicted octanol–water partition coefficient (Wildman–Crippen LogP) is 4.49. The van der Waals surface area contributed by atoms with Crippen molar-refractivity contribution in [1.82, 2.24) is 5.43 Å². The number of carbonyl (C=O) groups is 1. The van der Waals surface area contributed by atoms with E-state index in [1.807, 2.05) is 18.2 Å². The zero-order valence-corrected chi connectivity index (χ0v) is 19.9. The molecule has 1 amide bonds. The number of hydrogen-bond acceptors (Lipinski definition) is 5. The number of ether oxygens (including phenoxy) is 1. The van der Waals surface area contributed by atoms with Crippen molar-refractivity contribution in [3.8, 4) is 5.75 Å². The zero-order chi connectivity index (χ0) is 23.8. The van der Waals surface area contributed by atoms with Crippen molar-refractivity contribution in [1.29, 1.82) is 0 Å². The van der Waals surface area contributed by atoms with E-state index >= 15 is 0 Å². The number of anilines is 1. The van der Waals surface area contributed by atoms with E-state index in [9.17, 15) is 13.2 Å². The average Bonchev–Trinajstić information content (AvgIpc) is 2.77. The molecule has 3 aromatic rings. The van der Waals surface area contributed by atoms with E-state index in [4.69, 9.17) is 27.9 Å². The van der Waals surface area contributed by atoms with Gasteiger partial charge in [-0.1, -0.05) is 35.3 Å². The number of hydrazone groups is 1. The Bertz CT molecular complexity index is 1230. The standard InChI is InChI=1S/C23H21Cl2N3O4S/c1-33(30,31)28(21-9-7-19(24)8-10-21)15-23(29)27-26-14-17-5-11-22(12-6-17)32-16-18-3-2-4-20(25)13-18/h2-14H,15-16H2,1H3,(H,27,29)/b26-14-. The molecule has 0 aliphatic carbocycles.